The van der Waals surface area contributed by atoms with Crippen LogP contribution in [-0.2, 0) is 14.8 Å². The number of rotatable bonds is 6. The minimum atomic E-state index is -3.78. The molecule has 0 radical (unpaired) electrons. The Morgan fingerprint density at radius 3 is 2.33 bits per heavy atom. The van der Waals surface area contributed by atoms with Gasteiger partial charge < -0.3 is 14.4 Å². The van der Waals surface area contributed by atoms with E-state index in [1.165, 1.54) is 20.3 Å². The number of anilines is 2. The number of ether oxygens (including phenoxy) is 2. The summed E-state index contributed by atoms with van der Waals surface area (Å²) < 4.78 is 38.6. The maximum Gasteiger partial charge on any atom is 0.261 e. The molecule has 1 heterocycles. The molecule has 144 valence electrons. The zero-order chi connectivity index (χ0) is 19.6. The third kappa shape index (κ3) is 3.85. The first-order valence-corrected chi connectivity index (χ1v) is 10.00. The molecule has 1 fully saturated rings. The Balaban J connectivity index is 1.92. The highest BCUT2D eigenvalue weighted by atomic mass is 32.2. The summed E-state index contributed by atoms with van der Waals surface area (Å²) in [5.74, 6) is 1.14. The lowest BCUT2D eigenvalue weighted by Gasteiger charge is -2.20. The van der Waals surface area contributed by atoms with Crippen LogP contribution in [0.4, 0.5) is 11.4 Å². The Morgan fingerprint density at radius 1 is 1.04 bits per heavy atom. The quantitative estimate of drug-likeness (QED) is 0.820. The normalized spacial score (nSPS) is 14.3. The van der Waals surface area contributed by atoms with Gasteiger partial charge in [-0.05, 0) is 55.3 Å². The molecule has 0 atom stereocenters. The second-order valence-corrected chi connectivity index (χ2v) is 7.95. The van der Waals surface area contributed by atoms with Crippen molar-refractivity contribution in [2.24, 2.45) is 0 Å². The molecule has 1 aliphatic heterocycles. The Kier molecular flexibility index (Phi) is 5.27. The van der Waals surface area contributed by atoms with Gasteiger partial charge in [-0.25, -0.2) is 8.42 Å². The number of hydrogen-bond acceptors (Lipinski definition) is 5. The van der Waals surface area contributed by atoms with E-state index in [2.05, 4.69) is 4.72 Å². The fourth-order valence-corrected chi connectivity index (χ4v) is 4.23. The number of carbonyl (C=O) groups is 1. The number of amides is 1. The fraction of sp³-hybridized carbons (Fsp3) is 0.316. The van der Waals surface area contributed by atoms with Crippen molar-refractivity contribution in [3.05, 3.63) is 42.0 Å². The molecule has 0 unspecified atom stereocenters. The summed E-state index contributed by atoms with van der Waals surface area (Å²) in [5, 5.41) is 0. The molecule has 0 aliphatic carbocycles. The predicted octanol–water partition coefficient (Wildman–Crippen LogP) is 2.94. The molecule has 1 N–H and O–H groups in total. The van der Waals surface area contributed by atoms with E-state index in [1.54, 1.807) is 42.2 Å². The number of methoxy groups -OCH3 is 2. The van der Waals surface area contributed by atoms with Crippen molar-refractivity contribution in [1.82, 2.24) is 0 Å². The van der Waals surface area contributed by atoms with Crippen LogP contribution < -0.4 is 19.1 Å². The van der Waals surface area contributed by atoms with E-state index in [0.29, 0.717) is 35.8 Å². The van der Waals surface area contributed by atoms with Crippen LogP contribution in [0.25, 0.3) is 0 Å². The highest BCUT2D eigenvalue weighted by Gasteiger charge is 2.25. The SMILES string of the molecule is COc1ccc(S(=O)(=O)Nc2ccc(OC)c(N3CCCC3=O)c2)cc1C. The van der Waals surface area contributed by atoms with Crippen LogP contribution in [0.3, 0.4) is 0 Å². The number of nitrogens with one attached hydrogen (secondary N) is 1. The first-order valence-electron chi connectivity index (χ1n) is 8.51. The first kappa shape index (κ1) is 19.0. The van der Waals surface area contributed by atoms with Gasteiger partial charge in [0.15, 0.2) is 0 Å². The Bertz CT molecular complexity index is 972. The summed E-state index contributed by atoms with van der Waals surface area (Å²) in [6.07, 6.45) is 1.24. The zero-order valence-electron chi connectivity index (χ0n) is 15.5. The van der Waals surface area contributed by atoms with Gasteiger partial charge in [0.1, 0.15) is 11.5 Å². The van der Waals surface area contributed by atoms with Crippen LogP contribution in [0.15, 0.2) is 41.3 Å². The second kappa shape index (κ2) is 7.48. The molecule has 0 spiro atoms. The summed E-state index contributed by atoms with van der Waals surface area (Å²) in [7, 11) is -0.732. The van der Waals surface area contributed by atoms with Gasteiger partial charge in [-0.3, -0.25) is 9.52 Å². The molecular weight excluding hydrogens is 368 g/mol. The van der Waals surface area contributed by atoms with Crippen LogP contribution in [0.1, 0.15) is 18.4 Å². The number of nitrogens with zero attached hydrogens (tertiary/aromatic N) is 1. The lowest BCUT2D eigenvalue weighted by atomic mass is 10.2. The average Bonchev–Trinajstić information content (AvgIpc) is 3.07. The van der Waals surface area contributed by atoms with Gasteiger partial charge in [0.05, 0.1) is 30.5 Å². The molecule has 3 rings (SSSR count). The van der Waals surface area contributed by atoms with Gasteiger partial charge in [-0.15, -0.1) is 0 Å². The third-order valence-corrected chi connectivity index (χ3v) is 5.85. The summed E-state index contributed by atoms with van der Waals surface area (Å²) in [6.45, 7) is 2.37. The van der Waals surface area contributed by atoms with Crippen LogP contribution >= 0.6 is 0 Å². The molecule has 2 aromatic rings. The van der Waals surface area contributed by atoms with Crippen molar-refractivity contribution >= 4 is 27.3 Å². The number of carbonyl (C=O) groups excluding carboxylic acids is 1. The molecule has 0 aromatic heterocycles. The second-order valence-electron chi connectivity index (χ2n) is 6.27. The van der Waals surface area contributed by atoms with Gasteiger partial charge in [0.2, 0.25) is 5.91 Å². The largest absolute Gasteiger partial charge is 0.496 e. The van der Waals surface area contributed by atoms with Gasteiger partial charge in [-0.2, -0.15) is 0 Å². The van der Waals surface area contributed by atoms with Crippen molar-refractivity contribution in [2.75, 3.05) is 30.4 Å². The van der Waals surface area contributed by atoms with Gasteiger partial charge in [0.25, 0.3) is 10.0 Å². The highest BCUT2D eigenvalue weighted by molar-refractivity contribution is 7.92. The first-order chi connectivity index (χ1) is 12.9. The van der Waals surface area contributed by atoms with E-state index in [9.17, 15) is 13.2 Å². The topological polar surface area (TPSA) is 84.9 Å². The van der Waals surface area contributed by atoms with Crippen LogP contribution in [0, 0.1) is 6.92 Å². The van der Waals surface area contributed by atoms with E-state index in [-0.39, 0.29) is 10.8 Å². The third-order valence-electron chi connectivity index (χ3n) is 4.47. The van der Waals surface area contributed by atoms with Crippen molar-refractivity contribution in [2.45, 2.75) is 24.7 Å². The average molecular weight is 390 g/mol. The monoisotopic (exact) mass is 390 g/mol. The maximum atomic E-state index is 12.7. The van der Waals surface area contributed by atoms with Crippen molar-refractivity contribution in [3.63, 3.8) is 0 Å². The smallest absolute Gasteiger partial charge is 0.261 e. The Labute approximate surface area is 158 Å². The zero-order valence-corrected chi connectivity index (χ0v) is 16.3. The molecule has 0 bridgehead atoms. The molecule has 8 heteroatoms. The molecule has 1 aliphatic rings. The minimum absolute atomic E-state index is 0.000846. The van der Waals surface area contributed by atoms with E-state index < -0.39 is 10.0 Å². The number of sulfonamides is 1. The van der Waals surface area contributed by atoms with Gasteiger partial charge in [0, 0.05) is 13.0 Å². The molecular formula is C19H22N2O5S. The Hall–Kier alpha value is -2.74. The molecule has 2 aromatic carbocycles. The summed E-state index contributed by atoms with van der Waals surface area (Å²) in [5.41, 5.74) is 1.64. The molecule has 0 saturated carbocycles. The molecule has 1 amide bonds. The molecule has 27 heavy (non-hydrogen) atoms. The van der Waals surface area contributed by atoms with Crippen LogP contribution in [0.5, 0.6) is 11.5 Å². The number of hydrogen-bond donors (Lipinski definition) is 1. The van der Waals surface area contributed by atoms with Crippen LogP contribution in [-0.4, -0.2) is 35.1 Å². The van der Waals surface area contributed by atoms with Gasteiger partial charge >= 0.3 is 0 Å². The summed E-state index contributed by atoms with van der Waals surface area (Å²) in [6, 6.07) is 9.54. The lowest BCUT2D eigenvalue weighted by molar-refractivity contribution is -0.117. The van der Waals surface area contributed by atoms with E-state index >= 15 is 0 Å². The fourth-order valence-electron chi connectivity index (χ4n) is 3.10. The van der Waals surface area contributed by atoms with Crippen molar-refractivity contribution in [1.29, 1.82) is 0 Å². The predicted molar refractivity (Wildman–Crippen MR) is 103 cm³/mol. The van der Waals surface area contributed by atoms with E-state index in [1.807, 2.05) is 0 Å². The van der Waals surface area contributed by atoms with Crippen molar-refractivity contribution < 1.29 is 22.7 Å². The summed E-state index contributed by atoms with van der Waals surface area (Å²) >= 11 is 0. The van der Waals surface area contributed by atoms with E-state index in [4.69, 9.17) is 9.47 Å². The minimum Gasteiger partial charge on any atom is -0.496 e. The van der Waals surface area contributed by atoms with Crippen LogP contribution in [0.2, 0.25) is 0 Å². The van der Waals surface area contributed by atoms with Gasteiger partial charge in [-0.1, -0.05) is 0 Å². The number of benzene rings is 2. The molecule has 7 nitrogen and oxygen atoms in total. The standard InChI is InChI=1S/C19H22N2O5S/c1-13-11-15(7-9-17(13)25-2)27(23,24)20-14-6-8-18(26-3)16(12-14)21-10-4-5-19(21)22/h6-9,11-12,20H,4-5,10H2,1-3H3. The highest BCUT2D eigenvalue weighted by Crippen LogP contribution is 2.34. The number of aryl methyl sites for hydroxylation is 1. The van der Waals surface area contributed by atoms with E-state index in [0.717, 1.165) is 12.0 Å². The Morgan fingerprint density at radius 2 is 1.74 bits per heavy atom. The lowest BCUT2D eigenvalue weighted by Crippen LogP contribution is -2.24. The molecule has 1 saturated heterocycles. The van der Waals surface area contributed by atoms with Crippen molar-refractivity contribution in [3.8, 4) is 11.5 Å². The maximum absolute atomic E-state index is 12.7. The summed E-state index contributed by atoms with van der Waals surface area (Å²) in [4.78, 5) is 13.8.